The van der Waals surface area contributed by atoms with E-state index in [1.807, 2.05) is 4.68 Å². The number of halogens is 1. The standard InChI is InChI=1S/C16H21ClN2O2/c1-4-13-9-14(19(5-2)18-13)10-21-16-7-6-12(17)8-15(16)11(3)20/h6-9,11,20H,4-5,10H2,1-3H3. The predicted octanol–water partition coefficient (Wildman–Crippen LogP) is 3.75. The van der Waals surface area contributed by atoms with E-state index in [0.717, 1.165) is 24.4 Å². The Balaban J connectivity index is 2.18. The van der Waals surface area contributed by atoms with Gasteiger partial charge >= 0.3 is 0 Å². The summed E-state index contributed by atoms with van der Waals surface area (Å²) >= 11 is 5.97. The van der Waals surface area contributed by atoms with Crippen molar-refractivity contribution in [3.63, 3.8) is 0 Å². The van der Waals surface area contributed by atoms with E-state index in [0.29, 0.717) is 22.9 Å². The third-order valence-corrected chi connectivity index (χ3v) is 3.61. The molecule has 0 radical (unpaired) electrons. The Morgan fingerprint density at radius 3 is 2.71 bits per heavy atom. The largest absolute Gasteiger partial charge is 0.487 e. The molecule has 0 fully saturated rings. The Bertz CT molecular complexity index is 608. The zero-order valence-corrected chi connectivity index (χ0v) is 13.4. The minimum atomic E-state index is -0.624. The highest BCUT2D eigenvalue weighted by molar-refractivity contribution is 6.30. The molecule has 1 aromatic heterocycles. The first-order valence-electron chi connectivity index (χ1n) is 7.21. The zero-order chi connectivity index (χ0) is 15.4. The molecule has 1 N–H and O–H groups in total. The van der Waals surface area contributed by atoms with Crippen LogP contribution in [0.5, 0.6) is 5.75 Å². The first kappa shape index (κ1) is 15.9. The quantitative estimate of drug-likeness (QED) is 0.884. The second kappa shape index (κ2) is 6.96. The molecule has 0 amide bonds. The number of aryl methyl sites for hydroxylation is 2. The monoisotopic (exact) mass is 308 g/mol. The molecule has 1 aromatic carbocycles. The molecule has 1 atom stereocenters. The molecular formula is C16H21ClN2O2. The van der Waals surface area contributed by atoms with E-state index in [2.05, 4.69) is 25.0 Å². The van der Waals surface area contributed by atoms with Crippen LogP contribution in [0.1, 0.15) is 43.8 Å². The van der Waals surface area contributed by atoms with Gasteiger partial charge in [-0.25, -0.2) is 0 Å². The topological polar surface area (TPSA) is 47.3 Å². The fraction of sp³-hybridized carbons (Fsp3) is 0.438. The fourth-order valence-electron chi connectivity index (χ4n) is 2.21. The number of rotatable bonds is 6. The molecule has 0 saturated carbocycles. The summed E-state index contributed by atoms with van der Waals surface area (Å²) in [5.74, 6) is 0.649. The van der Waals surface area contributed by atoms with Gasteiger partial charge in [-0.2, -0.15) is 5.10 Å². The van der Waals surface area contributed by atoms with Crippen LogP contribution >= 0.6 is 11.6 Å². The minimum Gasteiger partial charge on any atom is -0.487 e. The summed E-state index contributed by atoms with van der Waals surface area (Å²) in [7, 11) is 0. The highest BCUT2D eigenvalue weighted by atomic mass is 35.5. The maximum Gasteiger partial charge on any atom is 0.130 e. The molecule has 1 heterocycles. The number of aliphatic hydroxyl groups is 1. The zero-order valence-electron chi connectivity index (χ0n) is 12.6. The molecule has 1 unspecified atom stereocenters. The Hall–Kier alpha value is -1.52. The highest BCUT2D eigenvalue weighted by Crippen LogP contribution is 2.29. The molecule has 0 aliphatic heterocycles. The van der Waals surface area contributed by atoms with E-state index in [4.69, 9.17) is 16.3 Å². The van der Waals surface area contributed by atoms with E-state index in [-0.39, 0.29) is 0 Å². The van der Waals surface area contributed by atoms with Crippen LogP contribution in [-0.4, -0.2) is 14.9 Å². The summed E-state index contributed by atoms with van der Waals surface area (Å²) in [6, 6.07) is 7.34. The SMILES string of the molecule is CCc1cc(COc2ccc(Cl)cc2C(C)O)n(CC)n1. The van der Waals surface area contributed by atoms with Crippen LogP contribution in [0.15, 0.2) is 24.3 Å². The lowest BCUT2D eigenvalue weighted by atomic mass is 10.1. The van der Waals surface area contributed by atoms with Crippen molar-refractivity contribution < 1.29 is 9.84 Å². The second-order valence-corrected chi connectivity index (χ2v) is 5.38. The second-order valence-electron chi connectivity index (χ2n) is 4.94. The van der Waals surface area contributed by atoms with Gasteiger partial charge in [-0.3, -0.25) is 4.68 Å². The van der Waals surface area contributed by atoms with Gasteiger partial charge in [-0.05, 0) is 44.5 Å². The van der Waals surface area contributed by atoms with Gasteiger partial charge in [0, 0.05) is 17.1 Å². The van der Waals surface area contributed by atoms with Gasteiger partial charge in [0.1, 0.15) is 12.4 Å². The number of ether oxygens (including phenoxy) is 1. The molecule has 0 saturated heterocycles. The van der Waals surface area contributed by atoms with Crippen molar-refractivity contribution in [2.75, 3.05) is 0 Å². The number of nitrogens with zero attached hydrogens (tertiary/aromatic N) is 2. The van der Waals surface area contributed by atoms with Crippen LogP contribution < -0.4 is 4.74 Å². The maximum absolute atomic E-state index is 9.81. The summed E-state index contributed by atoms with van der Waals surface area (Å²) in [5.41, 5.74) is 2.78. The van der Waals surface area contributed by atoms with E-state index in [1.165, 1.54) is 0 Å². The Labute approximate surface area is 130 Å². The van der Waals surface area contributed by atoms with Gasteiger partial charge in [0.2, 0.25) is 0 Å². The molecule has 0 aliphatic rings. The molecular weight excluding hydrogens is 288 g/mol. The Morgan fingerprint density at radius 2 is 2.10 bits per heavy atom. The van der Waals surface area contributed by atoms with E-state index in [9.17, 15) is 5.11 Å². The van der Waals surface area contributed by atoms with Crippen LogP contribution in [0.3, 0.4) is 0 Å². The van der Waals surface area contributed by atoms with Gasteiger partial charge in [0.25, 0.3) is 0 Å². The van der Waals surface area contributed by atoms with Crippen LogP contribution in [0, 0.1) is 0 Å². The molecule has 114 valence electrons. The maximum atomic E-state index is 9.81. The highest BCUT2D eigenvalue weighted by Gasteiger charge is 2.12. The molecule has 21 heavy (non-hydrogen) atoms. The van der Waals surface area contributed by atoms with Gasteiger partial charge in [0.05, 0.1) is 17.5 Å². The number of hydrogen-bond acceptors (Lipinski definition) is 3. The van der Waals surface area contributed by atoms with Gasteiger partial charge in [-0.15, -0.1) is 0 Å². The minimum absolute atomic E-state index is 0.419. The lowest BCUT2D eigenvalue weighted by Gasteiger charge is -2.14. The summed E-state index contributed by atoms with van der Waals surface area (Å²) in [5, 5.41) is 14.9. The third-order valence-electron chi connectivity index (χ3n) is 3.37. The van der Waals surface area contributed by atoms with Crippen molar-refractivity contribution in [1.82, 2.24) is 9.78 Å². The van der Waals surface area contributed by atoms with Crippen molar-refractivity contribution >= 4 is 11.6 Å². The van der Waals surface area contributed by atoms with Crippen LogP contribution in [0.4, 0.5) is 0 Å². The van der Waals surface area contributed by atoms with Crippen LogP contribution in [0.25, 0.3) is 0 Å². The van der Waals surface area contributed by atoms with Crippen LogP contribution in [0.2, 0.25) is 5.02 Å². The third kappa shape index (κ3) is 3.77. The first-order chi connectivity index (χ1) is 10.0. The predicted molar refractivity (Wildman–Crippen MR) is 83.7 cm³/mol. The summed E-state index contributed by atoms with van der Waals surface area (Å²) in [6.07, 6.45) is 0.279. The van der Waals surface area contributed by atoms with E-state index in [1.54, 1.807) is 25.1 Å². The van der Waals surface area contributed by atoms with Crippen molar-refractivity contribution in [2.45, 2.75) is 46.4 Å². The smallest absolute Gasteiger partial charge is 0.130 e. The van der Waals surface area contributed by atoms with Crippen molar-refractivity contribution in [2.24, 2.45) is 0 Å². The summed E-state index contributed by atoms with van der Waals surface area (Å²) < 4.78 is 7.80. The Kier molecular flexibility index (Phi) is 5.26. The average Bonchev–Trinajstić information content (AvgIpc) is 2.88. The normalized spacial score (nSPS) is 12.4. The fourth-order valence-corrected chi connectivity index (χ4v) is 2.39. The average molecular weight is 309 g/mol. The molecule has 0 aliphatic carbocycles. The number of benzene rings is 1. The molecule has 2 rings (SSSR count). The molecule has 4 nitrogen and oxygen atoms in total. The van der Waals surface area contributed by atoms with Crippen molar-refractivity contribution in [1.29, 1.82) is 0 Å². The summed E-state index contributed by atoms with van der Waals surface area (Å²) in [4.78, 5) is 0. The van der Waals surface area contributed by atoms with Gasteiger partial charge < -0.3 is 9.84 Å². The van der Waals surface area contributed by atoms with Crippen molar-refractivity contribution in [3.05, 3.63) is 46.2 Å². The van der Waals surface area contributed by atoms with Gasteiger partial charge in [0.15, 0.2) is 0 Å². The number of aromatic nitrogens is 2. The molecule has 5 heteroatoms. The molecule has 2 aromatic rings. The Morgan fingerprint density at radius 1 is 1.33 bits per heavy atom. The van der Waals surface area contributed by atoms with E-state index < -0.39 is 6.10 Å². The number of aliphatic hydroxyl groups excluding tert-OH is 1. The lowest BCUT2D eigenvalue weighted by Crippen LogP contribution is -2.07. The lowest BCUT2D eigenvalue weighted by molar-refractivity contribution is 0.189. The van der Waals surface area contributed by atoms with Crippen molar-refractivity contribution in [3.8, 4) is 5.75 Å². The van der Waals surface area contributed by atoms with Gasteiger partial charge in [-0.1, -0.05) is 18.5 Å². The molecule has 0 bridgehead atoms. The number of hydrogen-bond donors (Lipinski definition) is 1. The summed E-state index contributed by atoms with van der Waals surface area (Å²) in [6.45, 7) is 7.06. The molecule has 0 spiro atoms. The van der Waals surface area contributed by atoms with E-state index >= 15 is 0 Å². The van der Waals surface area contributed by atoms with Crippen LogP contribution in [-0.2, 0) is 19.6 Å². The first-order valence-corrected chi connectivity index (χ1v) is 7.58.